The molecule has 0 atom stereocenters. The second-order valence-corrected chi connectivity index (χ2v) is 4.83. The summed E-state index contributed by atoms with van der Waals surface area (Å²) in [7, 11) is 0. The summed E-state index contributed by atoms with van der Waals surface area (Å²) in [6.07, 6.45) is 0. The second-order valence-electron chi connectivity index (χ2n) is 2.50. The highest BCUT2D eigenvalue weighted by Gasteiger charge is 2.05. The summed E-state index contributed by atoms with van der Waals surface area (Å²) in [5.41, 5.74) is 9.27. The van der Waals surface area contributed by atoms with Crippen molar-refractivity contribution in [3.8, 4) is 0 Å². The summed E-state index contributed by atoms with van der Waals surface area (Å²) in [5, 5.41) is 0. The molecular weight excluding hydrogens is 364 g/mol. The smallest absolute Gasteiger partial charge is 0.0482 e. The molecule has 0 aliphatic carbocycles. The predicted octanol–water partition coefficient (Wildman–Crippen LogP) is 3.09. The molecule has 2 N–H and O–H groups in total. The van der Waals surface area contributed by atoms with Crippen LogP contribution in [0.4, 0.5) is 5.69 Å². The molecule has 0 fully saturated rings. The number of nitrogen functional groups attached to an aromatic ring is 1. The van der Waals surface area contributed by atoms with E-state index in [1.54, 1.807) is 0 Å². The van der Waals surface area contributed by atoms with E-state index in [4.69, 9.17) is 5.73 Å². The Bertz CT molecular complexity index is 268. The van der Waals surface area contributed by atoms with Gasteiger partial charge in [-0.05, 0) is 76.2 Å². The van der Waals surface area contributed by atoms with Crippen LogP contribution < -0.4 is 5.73 Å². The molecule has 0 spiro atoms. The van der Waals surface area contributed by atoms with Crippen molar-refractivity contribution in [2.45, 2.75) is 13.8 Å². The topological polar surface area (TPSA) is 26.0 Å². The van der Waals surface area contributed by atoms with Crippen LogP contribution in [0.2, 0.25) is 0 Å². The molecule has 0 aliphatic rings. The van der Waals surface area contributed by atoms with E-state index < -0.39 is 0 Å². The first-order valence-corrected chi connectivity index (χ1v) is 5.40. The van der Waals surface area contributed by atoms with E-state index in [1.807, 2.05) is 0 Å². The Morgan fingerprint density at radius 2 is 1.64 bits per heavy atom. The molecule has 1 rings (SSSR count). The van der Waals surface area contributed by atoms with Gasteiger partial charge in [0, 0.05) is 12.8 Å². The molecule has 0 heterocycles. The van der Waals surface area contributed by atoms with Gasteiger partial charge in [-0.1, -0.05) is 0 Å². The number of hydrogen-bond donors (Lipinski definition) is 1. The third kappa shape index (κ3) is 1.80. The zero-order valence-electron chi connectivity index (χ0n) is 6.41. The van der Waals surface area contributed by atoms with Crippen molar-refractivity contribution in [1.82, 2.24) is 0 Å². The van der Waals surface area contributed by atoms with Crippen LogP contribution in [0.1, 0.15) is 11.1 Å². The molecule has 11 heavy (non-hydrogen) atoms. The lowest BCUT2D eigenvalue weighted by atomic mass is 10.1. The van der Waals surface area contributed by atoms with Crippen molar-refractivity contribution in [3.05, 3.63) is 24.3 Å². The van der Waals surface area contributed by atoms with Crippen LogP contribution in [-0.2, 0) is 0 Å². The molecule has 0 saturated heterocycles. The Morgan fingerprint density at radius 3 is 2.18 bits per heavy atom. The minimum atomic E-state index is 0.920. The summed E-state index contributed by atoms with van der Waals surface area (Å²) in [6, 6.07) is 2.11. The van der Waals surface area contributed by atoms with E-state index in [9.17, 15) is 0 Å². The molecule has 0 saturated carbocycles. The summed E-state index contributed by atoms with van der Waals surface area (Å²) in [5.74, 6) is 0. The molecule has 1 aromatic carbocycles. The lowest BCUT2D eigenvalue weighted by Gasteiger charge is -2.08. The fourth-order valence-corrected chi connectivity index (χ4v) is 2.89. The fraction of sp³-hybridized carbons (Fsp3) is 0.250. The van der Waals surface area contributed by atoms with Crippen LogP contribution in [0.5, 0.6) is 0 Å². The van der Waals surface area contributed by atoms with Crippen molar-refractivity contribution in [2.75, 3.05) is 5.73 Å². The molecule has 0 aromatic heterocycles. The summed E-state index contributed by atoms with van der Waals surface area (Å²) in [6.45, 7) is 4.17. The summed E-state index contributed by atoms with van der Waals surface area (Å²) < 4.78 is 2.44. The molecule has 3 heteroatoms. The Kier molecular flexibility index (Phi) is 3.02. The number of hydrogen-bond acceptors (Lipinski definition) is 1. The van der Waals surface area contributed by atoms with Gasteiger partial charge in [-0.2, -0.15) is 0 Å². The quantitative estimate of drug-likeness (QED) is 0.549. The third-order valence-electron chi connectivity index (χ3n) is 1.84. The molecule has 0 unspecified atom stereocenters. The summed E-state index contributed by atoms with van der Waals surface area (Å²) in [4.78, 5) is 0. The van der Waals surface area contributed by atoms with E-state index in [2.05, 4.69) is 65.1 Å². The highest BCUT2D eigenvalue weighted by atomic mass is 127. The number of benzene rings is 1. The van der Waals surface area contributed by atoms with E-state index in [0.29, 0.717) is 0 Å². The van der Waals surface area contributed by atoms with Crippen molar-refractivity contribution >= 4 is 50.9 Å². The average molecular weight is 373 g/mol. The van der Waals surface area contributed by atoms with E-state index in [1.165, 1.54) is 14.7 Å². The van der Waals surface area contributed by atoms with Crippen LogP contribution in [0.3, 0.4) is 0 Å². The first-order valence-electron chi connectivity index (χ1n) is 3.24. The molecular formula is C8H9I2N. The van der Waals surface area contributed by atoms with Gasteiger partial charge in [0.2, 0.25) is 0 Å². The van der Waals surface area contributed by atoms with Crippen LogP contribution in [0, 0.1) is 21.0 Å². The predicted molar refractivity (Wildman–Crippen MR) is 65.8 cm³/mol. The fourth-order valence-electron chi connectivity index (χ4n) is 0.858. The highest BCUT2D eigenvalue weighted by molar-refractivity contribution is 14.1. The Balaban J connectivity index is 3.46. The zero-order chi connectivity index (χ0) is 8.59. The lowest BCUT2D eigenvalue weighted by molar-refractivity contribution is 1.31. The van der Waals surface area contributed by atoms with E-state index in [-0.39, 0.29) is 0 Å². The molecule has 0 aliphatic heterocycles. The normalized spacial score (nSPS) is 10.2. The van der Waals surface area contributed by atoms with Crippen LogP contribution in [0.15, 0.2) is 6.07 Å². The summed E-state index contributed by atoms with van der Waals surface area (Å²) >= 11 is 4.59. The molecule has 0 radical (unpaired) electrons. The van der Waals surface area contributed by atoms with Gasteiger partial charge in [-0.3, -0.25) is 0 Å². The van der Waals surface area contributed by atoms with Crippen LogP contribution in [-0.4, -0.2) is 0 Å². The second kappa shape index (κ2) is 3.47. The van der Waals surface area contributed by atoms with Crippen LogP contribution in [0.25, 0.3) is 0 Å². The van der Waals surface area contributed by atoms with Gasteiger partial charge >= 0.3 is 0 Å². The third-order valence-corrected chi connectivity index (χ3v) is 3.85. The van der Waals surface area contributed by atoms with Gasteiger partial charge in [0.25, 0.3) is 0 Å². The monoisotopic (exact) mass is 373 g/mol. The number of nitrogens with two attached hydrogens (primary N) is 1. The maximum atomic E-state index is 5.84. The Hall–Kier alpha value is 0.480. The maximum absolute atomic E-state index is 5.84. The van der Waals surface area contributed by atoms with Gasteiger partial charge in [0.15, 0.2) is 0 Å². The van der Waals surface area contributed by atoms with Gasteiger partial charge in [-0.15, -0.1) is 0 Å². The van der Waals surface area contributed by atoms with Gasteiger partial charge < -0.3 is 5.73 Å². The molecule has 0 amide bonds. The minimum Gasteiger partial charge on any atom is -0.398 e. The Morgan fingerprint density at radius 1 is 1.09 bits per heavy atom. The zero-order valence-corrected chi connectivity index (χ0v) is 10.7. The maximum Gasteiger partial charge on any atom is 0.0482 e. The minimum absolute atomic E-state index is 0.920. The lowest BCUT2D eigenvalue weighted by Crippen LogP contribution is -1.97. The average Bonchev–Trinajstić information content (AvgIpc) is 1.97. The Labute approximate surface area is 94.0 Å². The first kappa shape index (κ1) is 9.57. The van der Waals surface area contributed by atoms with Gasteiger partial charge in [0.1, 0.15) is 0 Å². The van der Waals surface area contributed by atoms with Crippen molar-refractivity contribution in [1.29, 1.82) is 0 Å². The molecule has 1 nitrogen and oxygen atoms in total. The number of rotatable bonds is 0. The molecule has 0 bridgehead atoms. The molecule has 1 aromatic rings. The molecule has 60 valence electrons. The standard InChI is InChI=1S/C8H9I2N/c1-4-5(2)8(11)7(10)3-6(4)9/h3H,11H2,1-2H3. The van der Waals surface area contributed by atoms with Crippen molar-refractivity contribution in [3.63, 3.8) is 0 Å². The number of halogens is 2. The first-order chi connectivity index (χ1) is 5.04. The van der Waals surface area contributed by atoms with E-state index in [0.717, 1.165) is 9.26 Å². The highest BCUT2D eigenvalue weighted by Crippen LogP contribution is 2.26. The SMILES string of the molecule is Cc1c(I)cc(I)c(N)c1C. The largest absolute Gasteiger partial charge is 0.398 e. The van der Waals surface area contributed by atoms with Gasteiger partial charge in [0.05, 0.1) is 0 Å². The number of anilines is 1. The van der Waals surface area contributed by atoms with Crippen molar-refractivity contribution < 1.29 is 0 Å². The van der Waals surface area contributed by atoms with Crippen LogP contribution >= 0.6 is 45.2 Å². The van der Waals surface area contributed by atoms with Crippen molar-refractivity contribution in [2.24, 2.45) is 0 Å². The van der Waals surface area contributed by atoms with Gasteiger partial charge in [-0.25, -0.2) is 0 Å². The van der Waals surface area contributed by atoms with E-state index >= 15 is 0 Å².